The second-order valence-electron chi connectivity index (χ2n) is 7.93. The minimum Gasteiger partial charge on any atom is -0.472 e. The topological polar surface area (TPSA) is 93.7 Å². The van der Waals surface area contributed by atoms with Crippen LogP contribution in [0.5, 0.6) is 5.88 Å². The van der Waals surface area contributed by atoms with Gasteiger partial charge in [0.1, 0.15) is 23.6 Å². The van der Waals surface area contributed by atoms with Crippen LogP contribution >= 0.6 is 0 Å². The van der Waals surface area contributed by atoms with Crippen LogP contribution in [0.1, 0.15) is 52.1 Å². The fraction of sp³-hybridized carbons (Fsp3) is 0.684. The molecule has 0 spiro atoms. The third kappa shape index (κ3) is 6.69. The molecule has 0 aliphatic carbocycles. The molecular formula is C19H30N4O4. The molecule has 0 radical (unpaired) electrons. The van der Waals surface area contributed by atoms with Crippen molar-refractivity contribution in [2.75, 3.05) is 13.1 Å². The molecule has 0 saturated carbocycles. The minimum absolute atomic E-state index is 0.134. The largest absolute Gasteiger partial charge is 0.472 e. The molecule has 2 heterocycles. The van der Waals surface area contributed by atoms with Gasteiger partial charge in [0.25, 0.3) is 0 Å². The van der Waals surface area contributed by atoms with Crippen molar-refractivity contribution in [2.45, 2.75) is 72.1 Å². The summed E-state index contributed by atoms with van der Waals surface area (Å²) in [5, 5.41) is 2.60. The lowest BCUT2D eigenvalue weighted by Gasteiger charge is -2.34. The first-order chi connectivity index (χ1) is 12.5. The van der Waals surface area contributed by atoms with E-state index in [1.165, 1.54) is 0 Å². The SMILES string of the molecule is Cc1cc(OC2CCCN(C(=O)C(C)NC(=O)OC(C)(C)C)C2)nc(C)n1. The number of likely N-dealkylation sites (tertiary alicyclic amines) is 1. The average molecular weight is 378 g/mol. The summed E-state index contributed by atoms with van der Waals surface area (Å²) in [5.74, 6) is 1.03. The van der Waals surface area contributed by atoms with Crippen LogP contribution < -0.4 is 10.1 Å². The molecule has 1 aliphatic heterocycles. The van der Waals surface area contributed by atoms with Crippen molar-refractivity contribution in [1.82, 2.24) is 20.2 Å². The number of nitrogens with zero attached hydrogens (tertiary/aromatic N) is 3. The van der Waals surface area contributed by atoms with Gasteiger partial charge in [-0.15, -0.1) is 0 Å². The Morgan fingerprint density at radius 1 is 1.30 bits per heavy atom. The van der Waals surface area contributed by atoms with E-state index >= 15 is 0 Å². The van der Waals surface area contributed by atoms with E-state index in [1.54, 1.807) is 38.7 Å². The van der Waals surface area contributed by atoms with E-state index < -0.39 is 17.7 Å². The third-order valence-corrected chi connectivity index (χ3v) is 4.02. The molecule has 1 N–H and O–H groups in total. The van der Waals surface area contributed by atoms with Crippen molar-refractivity contribution >= 4 is 12.0 Å². The van der Waals surface area contributed by atoms with Crippen molar-refractivity contribution in [1.29, 1.82) is 0 Å². The molecule has 2 rings (SSSR count). The first-order valence-corrected chi connectivity index (χ1v) is 9.31. The zero-order valence-electron chi connectivity index (χ0n) is 17.0. The quantitative estimate of drug-likeness (QED) is 0.864. The van der Waals surface area contributed by atoms with E-state index in [2.05, 4.69) is 15.3 Å². The lowest BCUT2D eigenvalue weighted by molar-refractivity contribution is -0.135. The van der Waals surface area contributed by atoms with Crippen molar-refractivity contribution in [2.24, 2.45) is 0 Å². The molecule has 150 valence electrons. The molecule has 2 unspecified atom stereocenters. The van der Waals surface area contributed by atoms with Gasteiger partial charge in [-0.05, 0) is 54.4 Å². The molecule has 8 heteroatoms. The number of piperidine rings is 1. The van der Waals surface area contributed by atoms with Crippen molar-refractivity contribution < 1.29 is 19.1 Å². The van der Waals surface area contributed by atoms with Gasteiger partial charge < -0.3 is 19.7 Å². The maximum atomic E-state index is 12.7. The molecule has 1 fully saturated rings. The Labute approximate surface area is 160 Å². The number of ether oxygens (including phenoxy) is 2. The summed E-state index contributed by atoms with van der Waals surface area (Å²) in [7, 11) is 0. The predicted molar refractivity (Wildman–Crippen MR) is 101 cm³/mol. The normalized spacial score (nSPS) is 18.6. The number of hydrogen-bond acceptors (Lipinski definition) is 6. The number of aryl methyl sites for hydroxylation is 2. The second kappa shape index (κ2) is 8.54. The van der Waals surface area contributed by atoms with Gasteiger partial charge in [0, 0.05) is 18.3 Å². The van der Waals surface area contributed by atoms with Crippen LogP contribution in [0, 0.1) is 13.8 Å². The van der Waals surface area contributed by atoms with Crippen LogP contribution in [0.4, 0.5) is 4.79 Å². The van der Waals surface area contributed by atoms with Gasteiger partial charge in [0.15, 0.2) is 0 Å². The van der Waals surface area contributed by atoms with Crippen molar-refractivity contribution in [3.63, 3.8) is 0 Å². The molecule has 0 bridgehead atoms. The molecule has 2 atom stereocenters. The summed E-state index contributed by atoms with van der Waals surface area (Å²) in [6.07, 6.45) is 0.948. The number of carbonyl (C=O) groups excluding carboxylic acids is 2. The zero-order valence-corrected chi connectivity index (χ0v) is 17.0. The highest BCUT2D eigenvalue weighted by Crippen LogP contribution is 2.18. The third-order valence-electron chi connectivity index (χ3n) is 4.02. The molecule has 27 heavy (non-hydrogen) atoms. The number of rotatable bonds is 4. The van der Waals surface area contributed by atoms with Crippen LogP contribution in [0.2, 0.25) is 0 Å². The zero-order chi connectivity index (χ0) is 20.2. The van der Waals surface area contributed by atoms with Crippen LogP contribution in [0.3, 0.4) is 0 Å². The van der Waals surface area contributed by atoms with E-state index in [4.69, 9.17) is 9.47 Å². The molecule has 1 saturated heterocycles. The summed E-state index contributed by atoms with van der Waals surface area (Å²) in [5.41, 5.74) is 0.237. The maximum Gasteiger partial charge on any atom is 0.408 e. The number of alkyl carbamates (subject to hydrolysis) is 1. The van der Waals surface area contributed by atoms with Crippen LogP contribution in [0.25, 0.3) is 0 Å². The molecule has 1 aromatic rings. The van der Waals surface area contributed by atoms with E-state index in [0.717, 1.165) is 18.5 Å². The van der Waals surface area contributed by atoms with Crippen LogP contribution in [-0.4, -0.2) is 57.7 Å². The molecule has 0 aromatic carbocycles. The monoisotopic (exact) mass is 378 g/mol. The van der Waals surface area contributed by atoms with Gasteiger partial charge >= 0.3 is 6.09 Å². The fourth-order valence-corrected chi connectivity index (χ4v) is 2.97. The Balaban J connectivity index is 1.92. The average Bonchev–Trinajstić information content (AvgIpc) is 2.51. The first kappa shape index (κ1) is 20.9. The number of nitrogens with one attached hydrogen (secondary N) is 1. The van der Waals surface area contributed by atoms with Gasteiger partial charge in [-0.2, -0.15) is 4.98 Å². The van der Waals surface area contributed by atoms with Crippen molar-refractivity contribution in [3.05, 3.63) is 17.6 Å². The molecule has 2 amide bonds. The number of carbonyl (C=O) groups is 2. The minimum atomic E-state index is -0.665. The number of amides is 2. The van der Waals surface area contributed by atoms with Crippen LogP contribution in [-0.2, 0) is 9.53 Å². The Bertz CT molecular complexity index is 667. The highest BCUT2D eigenvalue weighted by Gasteiger charge is 2.29. The van der Waals surface area contributed by atoms with Gasteiger partial charge in [0.05, 0.1) is 6.54 Å². The Kier molecular flexibility index (Phi) is 6.62. The molecule has 1 aromatic heterocycles. The van der Waals surface area contributed by atoms with E-state index in [1.807, 2.05) is 13.8 Å². The van der Waals surface area contributed by atoms with Gasteiger partial charge in [0.2, 0.25) is 11.8 Å². The number of hydrogen-bond donors (Lipinski definition) is 1. The Hall–Kier alpha value is -2.38. The standard InChI is InChI=1S/C19H30N4O4/c1-12-10-16(22-14(3)20-12)26-15-8-7-9-23(11-15)17(24)13(2)21-18(25)27-19(4,5)6/h10,13,15H,7-9,11H2,1-6H3,(H,21,25). The Morgan fingerprint density at radius 3 is 2.63 bits per heavy atom. The summed E-state index contributed by atoms with van der Waals surface area (Å²) >= 11 is 0. The first-order valence-electron chi connectivity index (χ1n) is 9.31. The fourth-order valence-electron chi connectivity index (χ4n) is 2.97. The summed E-state index contributed by atoms with van der Waals surface area (Å²) in [6.45, 7) is 11.8. The molecule has 1 aliphatic rings. The van der Waals surface area contributed by atoms with Crippen molar-refractivity contribution in [3.8, 4) is 5.88 Å². The summed E-state index contributed by atoms with van der Waals surface area (Å²) < 4.78 is 11.2. The van der Waals surface area contributed by atoms with Gasteiger partial charge in [-0.1, -0.05) is 0 Å². The predicted octanol–water partition coefficient (Wildman–Crippen LogP) is 2.38. The maximum absolute atomic E-state index is 12.7. The number of aromatic nitrogens is 2. The summed E-state index contributed by atoms with van der Waals surface area (Å²) in [4.78, 5) is 34.8. The van der Waals surface area contributed by atoms with E-state index in [0.29, 0.717) is 24.8 Å². The Morgan fingerprint density at radius 2 is 2.00 bits per heavy atom. The van der Waals surface area contributed by atoms with E-state index in [-0.39, 0.29) is 12.0 Å². The van der Waals surface area contributed by atoms with Crippen LogP contribution in [0.15, 0.2) is 6.07 Å². The van der Waals surface area contributed by atoms with Gasteiger partial charge in [-0.25, -0.2) is 9.78 Å². The second-order valence-corrected chi connectivity index (χ2v) is 7.93. The smallest absolute Gasteiger partial charge is 0.408 e. The highest BCUT2D eigenvalue weighted by molar-refractivity contribution is 5.85. The lowest BCUT2D eigenvalue weighted by atomic mass is 10.1. The van der Waals surface area contributed by atoms with E-state index in [9.17, 15) is 9.59 Å². The summed E-state index contributed by atoms with van der Waals surface area (Å²) in [6, 6.07) is 1.13. The molecule has 8 nitrogen and oxygen atoms in total. The highest BCUT2D eigenvalue weighted by atomic mass is 16.6. The lowest BCUT2D eigenvalue weighted by Crippen LogP contribution is -2.52. The molecular weight excluding hydrogens is 348 g/mol. The van der Waals surface area contributed by atoms with Gasteiger partial charge in [-0.3, -0.25) is 4.79 Å².